The lowest BCUT2D eigenvalue weighted by Crippen LogP contribution is -2.22. The molecule has 0 aliphatic carbocycles. The number of rotatable bonds is 6. The van der Waals surface area contributed by atoms with Crippen molar-refractivity contribution in [1.29, 1.82) is 0 Å². The molecule has 0 spiro atoms. The van der Waals surface area contributed by atoms with E-state index in [0.29, 0.717) is 22.7 Å². The van der Waals surface area contributed by atoms with Gasteiger partial charge in [0.2, 0.25) is 0 Å². The molecule has 0 aliphatic heterocycles. The Balaban J connectivity index is 1.26. The van der Waals surface area contributed by atoms with Gasteiger partial charge in [0.1, 0.15) is 24.7 Å². The lowest BCUT2D eigenvalue weighted by atomic mass is 9.87. The first-order valence-corrected chi connectivity index (χ1v) is 12.1. The first kappa shape index (κ1) is 22.2. The van der Waals surface area contributed by atoms with E-state index in [1.165, 1.54) is 16.9 Å². The summed E-state index contributed by atoms with van der Waals surface area (Å²) >= 11 is 1.39. The fourth-order valence-electron chi connectivity index (χ4n) is 3.83. The summed E-state index contributed by atoms with van der Waals surface area (Å²) in [6.07, 6.45) is 1.89. The molecule has 5 aromatic rings. The molecular weight excluding hydrogens is 444 g/mol. The Kier molecular flexibility index (Phi) is 5.84. The molecule has 3 aromatic carbocycles. The molecule has 2 aromatic heterocycles. The highest BCUT2D eigenvalue weighted by Crippen LogP contribution is 2.24. The number of nitrogens with zero attached hydrogens (tertiary/aromatic N) is 2. The van der Waals surface area contributed by atoms with Gasteiger partial charge in [-0.2, -0.15) is 0 Å². The van der Waals surface area contributed by atoms with Crippen LogP contribution in [-0.2, 0) is 5.41 Å². The summed E-state index contributed by atoms with van der Waals surface area (Å²) in [5, 5.41) is 0. The zero-order valence-electron chi connectivity index (χ0n) is 19.4. The number of ether oxygens (including phenoxy) is 2. The molecule has 0 radical (unpaired) electrons. The maximum atomic E-state index is 13.0. The van der Waals surface area contributed by atoms with Gasteiger partial charge in [0.25, 0.3) is 5.56 Å². The zero-order chi connectivity index (χ0) is 23.7. The predicted octanol–water partition coefficient (Wildman–Crippen LogP) is 5.21. The van der Waals surface area contributed by atoms with E-state index in [4.69, 9.17) is 9.47 Å². The van der Waals surface area contributed by atoms with Crippen LogP contribution >= 0.6 is 11.3 Å². The Morgan fingerprint density at radius 3 is 2.41 bits per heavy atom. The minimum Gasteiger partial charge on any atom is -0.490 e. The van der Waals surface area contributed by atoms with Gasteiger partial charge >= 0.3 is 0 Å². The summed E-state index contributed by atoms with van der Waals surface area (Å²) in [4.78, 5) is 18.2. The molecule has 0 N–H and O–H groups in total. The van der Waals surface area contributed by atoms with E-state index in [2.05, 4.69) is 37.9 Å². The number of thiazole rings is 1. The molecule has 5 nitrogen and oxygen atoms in total. The zero-order valence-corrected chi connectivity index (χ0v) is 20.3. The first-order valence-electron chi connectivity index (χ1n) is 11.3. The summed E-state index contributed by atoms with van der Waals surface area (Å²) in [6.45, 7) is 7.45. The fraction of sp³-hybridized carbons (Fsp3) is 0.214. The quantitative estimate of drug-likeness (QED) is 0.320. The standard InChI is InChI=1S/C28H26N2O3S/c1-28(2,3)20-11-13-21(14-12-20)32-15-16-33-22-8-6-7-19(17-22)18-25-26(31)30-24-10-5-4-9-23(24)29-27(30)34-25/h4-14,17-18H,15-16H2,1-3H3/b25-18-. The van der Waals surface area contributed by atoms with E-state index < -0.39 is 0 Å². The van der Waals surface area contributed by atoms with Crippen LogP contribution in [-0.4, -0.2) is 22.6 Å². The Morgan fingerprint density at radius 2 is 1.65 bits per heavy atom. The molecule has 0 fully saturated rings. The van der Waals surface area contributed by atoms with Crippen molar-refractivity contribution >= 4 is 33.4 Å². The molecule has 172 valence electrons. The first-order chi connectivity index (χ1) is 16.4. The van der Waals surface area contributed by atoms with Crippen LogP contribution in [0, 0.1) is 0 Å². The van der Waals surface area contributed by atoms with Crippen molar-refractivity contribution in [3.63, 3.8) is 0 Å². The van der Waals surface area contributed by atoms with Gasteiger partial charge < -0.3 is 9.47 Å². The van der Waals surface area contributed by atoms with Crippen LogP contribution in [0.3, 0.4) is 0 Å². The molecule has 0 aliphatic rings. The summed E-state index contributed by atoms with van der Waals surface area (Å²) in [7, 11) is 0. The number of fused-ring (bicyclic) bond motifs is 3. The second-order valence-electron chi connectivity index (χ2n) is 9.18. The molecule has 5 rings (SSSR count). The van der Waals surface area contributed by atoms with Gasteiger partial charge in [-0.25, -0.2) is 9.38 Å². The van der Waals surface area contributed by atoms with Crippen molar-refractivity contribution in [2.45, 2.75) is 26.2 Å². The normalized spacial score (nSPS) is 12.5. The average molecular weight is 471 g/mol. The van der Waals surface area contributed by atoms with Crippen molar-refractivity contribution in [3.05, 3.63) is 98.8 Å². The molecule has 0 bridgehead atoms. The summed E-state index contributed by atoms with van der Waals surface area (Å²) in [5.41, 5.74) is 3.92. The van der Waals surface area contributed by atoms with Crippen LogP contribution in [0.15, 0.2) is 77.6 Å². The minimum atomic E-state index is -0.0501. The highest BCUT2D eigenvalue weighted by Gasteiger charge is 2.13. The molecule has 0 saturated heterocycles. The van der Waals surface area contributed by atoms with E-state index in [1.54, 1.807) is 4.40 Å². The van der Waals surface area contributed by atoms with Gasteiger partial charge in [-0.3, -0.25) is 4.79 Å². The third-order valence-corrected chi connectivity index (χ3v) is 6.61. The molecule has 0 amide bonds. The van der Waals surface area contributed by atoms with E-state index in [9.17, 15) is 4.79 Å². The van der Waals surface area contributed by atoms with Crippen LogP contribution in [0.25, 0.3) is 22.1 Å². The van der Waals surface area contributed by atoms with Crippen LogP contribution < -0.4 is 19.6 Å². The van der Waals surface area contributed by atoms with Gasteiger partial charge in [0.05, 0.1) is 15.6 Å². The maximum absolute atomic E-state index is 13.0. The van der Waals surface area contributed by atoms with Gasteiger partial charge in [-0.05, 0) is 59.0 Å². The Hall–Kier alpha value is -3.64. The van der Waals surface area contributed by atoms with Crippen molar-refractivity contribution in [2.24, 2.45) is 0 Å². The van der Waals surface area contributed by atoms with E-state index >= 15 is 0 Å². The largest absolute Gasteiger partial charge is 0.490 e. The molecular formula is C28H26N2O3S. The van der Waals surface area contributed by atoms with Crippen molar-refractivity contribution in [1.82, 2.24) is 9.38 Å². The van der Waals surface area contributed by atoms with Crippen LogP contribution in [0.1, 0.15) is 31.9 Å². The average Bonchev–Trinajstić information content (AvgIpc) is 3.33. The Bertz CT molecular complexity index is 1560. The number of para-hydroxylation sites is 2. The number of hydrogen-bond donors (Lipinski definition) is 0. The summed E-state index contributed by atoms with van der Waals surface area (Å²) < 4.78 is 14.0. The van der Waals surface area contributed by atoms with Gasteiger partial charge in [0, 0.05) is 0 Å². The lowest BCUT2D eigenvalue weighted by Gasteiger charge is -2.19. The Labute approximate surface area is 201 Å². The molecule has 34 heavy (non-hydrogen) atoms. The van der Waals surface area contributed by atoms with Gasteiger partial charge in [-0.15, -0.1) is 0 Å². The van der Waals surface area contributed by atoms with E-state index in [-0.39, 0.29) is 11.0 Å². The minimum absolute atomic E-state index is 0.0501. The second kappa shape index (κ2) is 8.95. The number of benzene rings is 3. The SMILES string of the molecule is CC(C)(C)c1ccc(OCCOc2cccc(/C=c3\sc4nc5ccccc5n4c3=O)c2)cc1. The van der Waals surface area contributed by atoms with Crippen LogP contribution in [0.2, 0.25) is 0 Å². The number of imidazole rings is 1. The third-order valence-electron chi connectivity index (χ3n) is 5.64. The number of hydrogen-bond acceptors (Lipinski definition) is 5. The Morgan fingerprint density at radius 1 is 0.912 bits per heavy atom. The molecule has 6 heteroatoms. The fourth-order valence-corrected chi connectivity index (χ4v) is 4.81. The summed E-state index contributed by atoms with van der Waals surface area (Å²) in [6, 6.07) is 23.6. The molecule has 2 heterocycles. The summed E-state index contributed by atoms with van der Waals surface area (Å²) in [5.74, 6) is 1.57. The van der Waals surface area contributed by atoms with Crippen molar-refractivity contribution in [3.8, 4) is 11.5 Å². The smallest absolute Gasteiger partial charge is 0.274 e. The second-order valence-corrected chi connectivity index (χ2v) is 10.2. The highest BCUT2D eigenvalue weighted by molar-refractivity contribution is 7.15. The van der Waals surface area contributed by atoms with Gasteiger partial charge in [0.15, 0.2) is 4.96 Å². The van der Waals surface area contributed by atoms with Crippen molar-refractivity contribution in [2.75, 3.05) is 13.2 Å². The van der Waals surface area contributed by atoms with Crippen molar-refractivity contribution < 1.29 is 9.47 Å². The topological polar surface area (TPSA) is 52.8 Å². The predicted molar refractivity (Wildman–Crippen MR) is 138 cm³/mol. The van der Waals surface area contributed by atoms with E-state index in [1.807, 2.05) is 66.7 Å². The van der Waals surface area contributed by atoms with E-state index in [0.717, 1.165) is 28.1 Å². The highest BCUT2D eigenvalue weighted by atomic mass is 32.1. The molecule has 0 saturated carbocycles. The third kappa shape index (κ3) is 4.54. The lowest BCUT2D eigenvalue weighted by molar-refractivity contribution is 0.217. The number of aromatic nitrogens is 2. The molecule has 0 unspecified atom stereocenters. The maximum Gasteiger partial charge on any atom is 0.274 e. The monoisotopic (exact) mass is 470 g/mol. The van der Waals surface area contributed by atoms with Gasteiger partial charge in [-0.1, -0.05) is 68.5 Å². The van der Waals surface area contributed by atoms with Crippen LogP contribution in [0.5, 0.6) is 11.5 Å². The molecule has 0 atom stereocenters. The van der Waals surface area contributed by atoms with Crippen LogP contribution in [0.4, 0.5) is 0 Å².